The van der Waals surface area contributed by atoms with Gasteiger partial charge in [0.2, 0.25) is 11.8 Å². The predicted octanol–water partition coefficient (Wildman–Crippen LogP) is 5.34. The van der Waals surface area contributed by atoms with E-state index in [4.69, 9.17) is 4.42 Å². The van der Waals surface area contributed by atoms with Gasteiger partial charge < -0.3 is 9.73 Å². The van der Waals surface area contributed by atoms with Crippen molar-refractivity contribution < 1.29 is 9.21 Å². The Labute approximate surface area is 192 Å². The van der Waals surface area contributed by atoms with Crippen molar-refractivity contribution in [2.24, 2.45) is 0 Å². The summed E-state index contributed by atoms with van der Waals surface area (Å²) in [5, 5.41) is 16.0. The van der Waals surface area contributed by atoms with Crippen molar-refractivity contribution in [3.8, 4) is 17.1 Å². The molecule has 4 aromatic rings. The monoisotopic (exact) mass is 497 g/mol. The van der Waals surface area contributed by atoms with Gasteiger partial charge >= 0.3 is 0 Å². The molecule has 7 nitrogen and oxygen atoms in total. The van der Waals surface area contributed by atoms with E-state index in [1.165, 1.54) is 17.3 Å². The maximum atomic E-state index is 12.5. The van der Waals surface area contributed by atoms with Crippen molar-refractivity contribution in [3.05, 3.63) is 70.0 Å². The maximum absolute atomic E-state index is 12.5. The molecule has 0 atom stereocenters. The van der Waals surface area contributed by atoms with Crippen LogP contribution in [0.25, 0.3) is 17.1 Å². The van der Waals surface area contributed by atoms with Crippen molar-refractivity contribution >= 4 is 39.3 Å². The van der Waals surface area contributed by atoms with Gasteiger partial charge in [0.1, 0.15) is 0 Å². The lowest BCUT2D eigenvalue weighted by Crippen LogP contribution is -2.15. The van der Waals surface area contributed by atoms with E-state index >= 15 is 0 Å². The molecule has 1 amide bonds. The van der Waals surface area contributed by atoms with Crippen LogP contribution in [-0.4, -0.2) is 31.6 Å². The van der Waals surface area contributed by atoms with E-state index in [0.717, 1.165) is 27.1 Å². The van der Waals surface area contributed by atoms with E-state index in [2.05, 4.69) is 36.5 Å². The third-order valence-electron chi connectivity index (χ3n) is 4.64. The molecule has 2 aromatic heterocycles. The Kier molecular flexibility index (Phi) is 6.24. The van der Waals surface area contributed by atoms with Gasteiger partial charge in [-0.1, -0.05) is 51.5 Å². The zero-order chi connectivity index (χ0) is 22.0. The Morgan fingerprint density at radius 3 is 2.65 bits per heavy atom. The molecule has 0 saturated carbocycles. The molecule has 1 N–H and O–H groups in total. The average Bonchev–Trinajstić information content (AvgIpc) is 3.33. The summed E-state index contributed by atoms with van der Waals surface area (Å²) in [5.74, 6) is 0.395. The minimum Gasteiger partial charge on any atom is -0.411 e. The molecule has 0 aliphatic heterocycles. The van der Waals surface area contributed by atoms with Gasteiger partial charge in [-0.3, -0.25) is 4.79 Å². The standard InChI is InChI=1S/C22H20BrN5O2S/c1-13-7-9-18(10-8-13)28-15(3)20(14(2)27-28)24-19(29)12-31-22-26-25-21(30-22)16-5-4-6-17(23)11-16/h4-11H,12H2,1-3H3,(H,24,29). The average molecular weight is 498 g/mol. The van der Waals surface area contributed by atoms with Crippen LogP contribution in [0.2, 0.25) is 0 Å². The van der Waals surface area contributed by atoms with E-state index < -0.39 is 0 Å². The van der Waals surface area contributed by atoms with Crippen molar-refractivity contribution in [1.29, 1.82) is 0 Å². The highest BCUT2D eigenvalue weighted by atomic mass is 79.9. The molecule has 0 radical (unpaired) electrons. The number of halogens is 1. The second-order valence-electron chi connectivity index (χ2n) is 7.01. The Balaban J connectivity index is 1.41. The van der Waals surface area contributed by atoms with Crippen LogP contribution in [0, 0.1) is 20.8 Å². The molecule has 0 unspecified atom stereocenters. The summed E-state index contributed by atoms with van der Waals surface area (Å²) in [7, 11) is 0. The first-order valence-electron chi connectivity index (χ1n) is 9.56. The third kappa shape index (κ3) is 4.88. The quantitative estimate of drug-likeness (QED) is 0.361. The number of benzene rings is 2. The molecule has 0 aliphatic rings. The number of aromatic nitrogens is 4. The fourth-order valence-electron chi connectivity index (χ4n) is 3.07. The smallest absolute Gasteiger partial charge is 0.277 e. The molecule has 0 bridgehead atoms. The van der Waals surface area contributed by atoms with E-state index in [1.807, 2.05) is 74.0 Å². The Morgan fingerprint density at radius 2 is 1.90 bits per heavy atom. The summed E-state index contributed by atoms with van der Waals surface area (Å²) in [6, 6.07) is 15.7. The first kappa shape index (κ1) is 21.3. The summed E-state index contributed by atoms with van der Waals surface area (Å²) in [5.41, 5.74) is 5.28. The van der Waals surface area contributed by atoms with Crippen molar-refractivity contribution in [2.75, 3.05) is 11.1 Å². The summed E-state index contributed by atoms with van der Waals surface area (Å²) in [4.78, 5) is 12.5. The highest BCUT2D eigenvalue weighted by Crippen LogP contribution is 2.26. The van der Waals surface area contributed by atoms with E-state index in [0.29, 0.717) is 16.8 Å². The number of thioether (sulfide) groups is 1. The summed E-state index contributed by atoms with van der Waals surface area (Å²) >= 11 is 4.62. The zero-order valence-corrected chi connectivity index (χ0v) is 19.6. The number of carbonyl (C=O) groups excluding carboxylic acids is 1. The molecule has 0 fully saturated rings. The van der Waals surface area contributed by atoms with Crippen LogP contribution in [-0.2, 0) is 4.79 Å². The molecule has 0 saturated heterocycles. The highest BCUT2D eigenvalue weighted by molar-refractivity contribution is 9.10. The number of nitrogens with zero attached hydrogens (tertiary/aromatic N) is 4. The molecule has 2 aromatic carbocycles. The molecular weight excluding hydrogens is 478 g/mol. The number of anilines is 1. The second-order valence-corrected chi connectivity index (χ2v) is 8.86. The Bertz CT molecular complexity index is 1230. The van der Waals surface area contributed by atoms with Gasteiger partial charge in [0.15, 0.2) is 0 Å². The number of aryl methyl sites for hydroxylation is 2. The maximum Gasteiger partial charge on any atom is 0.277 e. The molecule has 9 heteroatoms. The number of rotatable bonds is 6. The summed E-state index contributed by atoms with van der Waals surface area (Å²) < 4.78 is 8.43. The second kappa shape index (κ2) is 9.07. The predicted molar refractivity (Wildman–Crippen MR) is 125 cm³/mol. The Morgan fingerprint density at radius 1 is 1.13 bits per heavy atom. The van der Waals surface area contributed by atoms with E-state index in [9.17, 15) is 4.79 Å². The van der Waals surface area contributed by atoms with Crippen LogP contribution in [0.5, 0.6) is 0 Å². The number of carbonyl (C=O) groups is 1. The molecule has 4 rings (SSSR count). The van der Waals surface area contributed by atoms with Crippen LogP contribution in [0.1, 0.15) is 17.0 Å². The van der Waals surface area contributed by atoms with Crippen molar-refractivity contribution in [3.63, 3.8) is 0 Å². The zero-order valence-electron chi connectivity index (χ0n) is 17.2. The van der Waals surface area contributed by atoms with Crippen LogP contribution >= 0.6 is 27.7 Å². The minimum absolute atomic E-state index is 0.148. The lowest BCUT2D eigenvalue weighted by Gasteiger charge is -2.07. The fourth-order valence-corrected chi connectivity index (χ4v) is 4.03. The minimum atomic E-state index is -0.165. The fraction of sp³-hybridized carbons (Fsp3) is 0.182. The number of nitrogens with one attached hydrogen (secondary N) is 1. The molecular formula is C22H20BrN5O2S. The molecule has 0 spiro atoms. The molecule has 31 heavy (non-hydrogen) atoms. The molecule has 158 valence electrons. The van der Waals surface area contributed by atoms with Crippen LogP contribution in [0.15, 0.2) is 62.6 Å². The van der Waals surface area contributed by atoms with Gasteiger partial charge in [-0.15, -0.1) is 10.2 Å². The van der Waals surface area contributed by atoms with E-state index in [1.54, 1.807) is 0 Å². The first-order valence-corrected chi connectivity index (χ1v) is 11.3. The topological polar surface area (TPSA) is 85.8 Å². The molecule has 2 heterocycles. The number of amides is 1. The number of hydrogen-bond donors (Lipinski definition) is 1. The van der Waals surface area contributed by atoms with Crippen molar-refractivity contribution in [2.45, 2.75) is 26.0 Å². The summed E-state index contributed by atoms with van der Waals surface area (Å²) in [6.07, 6.45) is 0. The van der Waals surface area contributed by atoms with Gasteiger partial charge in [-0.25, -0.2) is 4.68 Å². The lowest BCUT2D eigenvalue weighted by atomic mass is 10.2. The number of hydrogen-bond acceptors (Lipinski definition) is 6. The van der Waals surface area contributed by atoms with Crippen LogP contribution in [0.4, 0.5) is 5.69 Å². The largest absolute Gasteiger partial charge is 0.411 e. The van der Waals surface area contributed by atoms with Crippen LogP contribution < -0.4 is 5.32 Å². The van der Waals surface area contributed by atoms with Gasteiger partial charge in [0.05, 0.1) is 28.5 Å². The lowest BCUT2D eigenvalue weighted by molar-refractivity contribution is -0.113. The van der Waals surface area contributed by atoms with Gasteiger partial charge in [0, 0.05) is 10.0 Å². The Hall–Kier alpha value is -2.91. The molecule has 0 aliphatic carbocycles. The first-order chi connectivity index (χ1) is 14.9. The SMILES string of the molecule is Cc1ccc(-n2nc(C)c(NC(=O)CSc3nnc(-c4cccc(Br)c4)o3)c2C)cc1. The van der Waals surface area contributed by atoms with Crippen LogP contribution in [0.3, 0.4) is 0 Å². The van der Waals surface area contributed by atoms with Gasteiger partial charge in [-0.05, 0) is 51.1 Å². The van der Waals surface area contributed by atoms with E-state index in [-0.39, 0.29) is 11.7 Å². The highest BCUT2D eigenvalue weighted by Gasteiger charge is 2.17. The van der Waals surface area contributed by atoms with Gasteiger partial charge in [0.25, 0.3) is 5.22 Å². The normalized spacial score (nSPS) is 11.0. The van der Waals surface area contributed by atoms with Crippen molar-refractivity contribution in [1.82, 2.24) is 20.0 Å². The summed E-state index contributed by atoms with van der Waals surface area (Å²) in [6.45, 7) is 5.85. The third-order valence-corrected chi connectivity index (χ3v) is 5.95. The van der Waals surface area contributed by atoms with Gasteiger partial charge in [-0.2, -0.15) is 5.10 Å².